The van der Waals surface area contributed by atoms with Crippen molar-refractivity contribution in [3.8, 4) is 5.75 Å². The van der Waals surface area contributed by atoms with Gasteiger partial charge in [-0.05, 0) is 32.0 Å². The Morgan fingerprint density at radius 2 is 1.90 bits per heavy atom. The van der Waals surface area contributed by atoms with Crippen LogP contribution in [0.5, 0.6) is 5.75 Å². The Bertz CT molecular complexity index is 731. The number of carbonyl (C=O) groups excluding carboxylic acids is 2. The summed E-state index contributed by atoms with van der Waals surface area (Å²) in [6, 6.07) is 7.84. The van der Waals surface area contributed by atoms with E-state index >= 15 is 0 Å². The number of likely N-dealkylation sites (N-methyl/N-ethyl adjacent to an activating group) is 1. The van der Waals surface area contributed by atoms with Gasteiger partial charge >= 0.3 is 0 Å². The number of para-hydroxylation sites is 2. The number of nitrogens with one attached hydrogen (secondary N) is 1. The van der Waals surface area contributed by atoms with Crippen LogP contribution in [0.2, 0.25) is 0 Å². The molecule has 1 aromatic carbocycles. The Balaban J connectivity index is 1.59. The highest BCUT2D eigenvalue weighted by molar-refractivity contribution is 6.01. The molecule has 0 saturated carbocycles. The molecule has 7 nitrogen and oxygen atoms in total. The van der Waals surface area contributed by atoms with Crippen LogP contribution in [0.25, 0.3) is 0 Å². The van der Waals surface area contributed by atoms with Crippen molar-refractivity contribution in [2.24, 2.45) is 11.8 Å². The van der Waals surface area contributed by atoms with Gasteiger partial charge in [0.25, 0.3) is 0 Å². The summed E-state index contributed by atoms with van der Waals surface area (Å²) in [6.45, 7) is 12.1. The van der Waals surface area contributed by atoms with Crippen LogP contribution in [-0.4, -0.2) is 80.6 Å². The standard InChI is InChI=1S/C23H36N4O3/c1-5-30-21-9-7-6-8-19(21)27-16-18(14-22(27)28)23(29)24-15-20(17(2)3)26-12-10-25(4)11-13-26/h6-9,17-18,20H,5,10-16H2,1-4H3,(H,24,29). The van der Waals surface area contributed by atoms with Crippen LogP contribution in [0.3, 0.4) is 0 Å². The number of ether oxygens (including phenoxy) is 1. The van der Waals surface area contributed by atoms with Crippen LogP contribution in [-0.2, 0) is 9.59 Å². The van der Waals surface area contributed by atoms with Crippen LogP contribution >= 0.6 is 0 Å². The lowest BCUT2D eigenvalue weighted by Crippen LogP contribution is -2.54. The van der Waals surface area contributed by atoms with E-state index in [0.717, 1.165) is 31.9 Å². The van der Waals surface area contributed by atoms with Crippen molar-refractivity contribution >= 4 is 17.5 Å². The third kappa shape index (κ3) is 5.32. The summed E-state index contributed by atoms with van der Waals surface area (Å²) in [6.07, 6.45) is 0.243. The number of hydrogen-bond donors (Lipinski definition) is 1. The monoisotopic (exact) mass is 416 g/mol. The predicted octanol–water partition coefficient (Wildman–Crippen LogP) is 1.83. The molecule has 2 atom stereocenters. The first-order chi connectivity index (χ1) is 14.4. The van der Waals surface area contributed by atoms with E-state index in [2.05, 4.69) is 36.0 Å². The van der Waals surface area contributed by atoms with Crippen LogP contribution in [0, 0.1) is 11.8 Å². The van der Waals surface area contributed by atoms with Crippen LogP contribution in [0.15, 0.2) is 24.3 Å². The van der Waals surface area contributed by atoms with E-state index in [1.807, 2.05) is 31.2 Å². The van der Waals surface area contributed by atoms with Crippen LogP contribution in [0.4, 0.5) is 5.69 Å². The quantitative estimate of drug-likeness (QED) is 0.700. The van der Waals surface area contributed by atoms with E-state index in [4.69, 9.17) is 4.74 Å². The van der Waals surface area contributed by atoms with Gasteiger partial charge < -0.3 is 19.9 Å². The molecule has 2 fully saturated rings. The number of benzene rings is 1. The fraction of sp³-hybridized carbons (Fsp3) is 0.652. The first kappa shape index (κ1) is 22.6. The fourth-order valence-corrected chi connectivity index (χ4v) is 4.36. The summed E-state index contributed by atoms with van der Waals surface area (Å²) in [5, 5.41) is 3.14. The van der Waals surface area contributed by atoms with Crippen molar-refractivity contribution in [3.05, 3.63) is 24.3 Å². The van der Waals surface area contributed by atoms with Crippen molar-refractivity contribution < 1.29 is 14.3 Å². The number of amides is 2. The van der Waals surface area contributed by atoms with Crippen LogP contribution < -0.4 is 15.0 Å². The first-order valence-corrected chi connectivity index (χ1v) is 11.1. The summed E-state index contributed by atoms with van der Waals surface area (Å²) < 4.78 is 5.67. The van der Waals surface area contributed by atoms with Gasteiger partial charge in [-0.3, -0.25) is 14.5 Å². The lowest BCUT2D eigenvalue weighted by Gasteiger charge is -2.40. The molecule has 2 amide bonds. The number of piperazine rings is 1. The van der Waals surface area contributed by atoms with Crippen molar-refractivity contribution in [2.45, 2.75) is 33.2 Å². The van der Waals surface area contributed by atoms with Gasteiger partial charge in [-0.1, -0.05) is 26.0 Å². The second-order valence-electron chi connectivity index (χ2n) is 8.70. The Morgan fingerprint density at radius 1 is 1.20 bits per heavy atom. The molecule has 0 aromatic heterocycles. The van der Waals surface area contributed by atoms with Crippen molar-refractivity contribution in [1.82, 2.24) is 15.1 Å². The molecule has 2 aliphatic heterocycles. The van der Waals surface area contributed by atoms with Crippen molar-refractivity contribution in [3.63, 3.8) is 0 Å². The van der Waals surface area contributed by atoms with E-state index in [0.29, 0.717) is 37.4 Å². The van der Waals surface area contributed by atoms with Crippen molar-refractivity contribution in [2.75, 3.05) is 57.8 Å². The van der Waals surface area contributed by atoms with Gasteiger partial charge in [0.05, 0.1) is 18.2 Å². The summed E-state index contributed by atoms with van der Waals surface area (Å²) in [5.41, 5.74) is 0.747. The zero-order valence-corrected chi connectivity index (χ0v) is 18.8. The smallest absolute Gasteiger partial charge is 0.227 e. The topological polar surface area (TPSA) is 65.1 Å². The minimum Gasteiger partial charge on any atom is -0.492 e. The minimum absolute atomic E-state index is 0.0261. The highest BCUT2D eigenvalue weighted by atomic mass is 16.5. The molecule has 1 aromatic rings. The molecule has 2 heterocycles. The summed E-state index contributed by atoms with van der Waals surface area (Å²) in [5.74, 6) is 0.756. The number of carbonyl (C=O) groups is 2. The third-order valence-electron chi connectivity index (χ3n) is 6.21. The molecule has 2 saturated heterocycles. The molecule has 0 aliphatic carbocycles. The Morgan fingerprint density at radius 3 is 2.57 bits per heavy atom. The molecule has 1 N–H and O–H groups in total. The SMILES string of the molecule is CCOc1ccccc1N1CC(C(=O)NCC(C(C)C)N2CCN(C)CC2)CC1=O. The number of anilines is 1. The molecule has 2 unspecified atom stereocenters. The lowest BCUT2D eigenvalue weighted by atomic mass is 10.0. The zero-order valence-electron chi connectivity index (χ0n) is 18.8. The molecule has 3 rings (SSSR count). The van der Waals surface area contributed by atoms with Gasteiger partial charge in [0.2, 0.25) is 11.8 Å². The number of nitrogens with zero attached hydrogens (tertiary/aromatic N) is 3. The predicted molar refractivity (Wildman–Crippen MR) is 119 cm³/mol. The highest BCUT2D eigenvalue weighted by Crippen LogP contribution is 2.33. The van der Waals surface area contributed by atoms with Gasteiger partial charge in [-0.25, -0.2) is 0 Å². The van der Waals surface area contributed by atoms with E-state index in [1.54, 1.807) is 4.90 Å². The van der Waals surface area contributed by atoms with Gasteiger partial charge in [0.1, 0.15) is 5.75 Å². The first-order valence-electron chi connectivity index (χ1n) is 11.1. The van der Waals surface area contributed by atoms with Gasteiger partial charge in [-0.15, -0.1) is 0 Å². The molecular weight excluding hydrogens is 380 g/mol. The molecule has 0 bridgehead atoms. The minimum atomic E-state index is -0.326. The van der Waals surface area contributed by atoms with Gasteiger partial charge in [-0.2, -0.15) is 0 Å². The second-order valence-corrected chi connectivity index (χ2v) is 8.70. The molecule has 0 spiro atoms. The van der Waals surface area contributed by atoms with Gasteiger partial charge in [0.15, 0.2) is 0 Å². The molecule has 166 valence electrons. The Kier molecular flexibility index (Phi) is 7.72. The number of rotatable bonds is 8. The zero-order chi connectivity index (χ0) is 21.7. The molecule has 30 heavy (non-hydrogen) atoms. The third-order valence-corrected chi connectivity index (χ3v) is 6.21. The summed E-state index contributed by atoms with van der Waals surface area (Å²) >= 11 is 0. The van der Waals surface area contributed by atoms with E-state index in [1.165, 1.54) is 0 Å². The molecule has 7 heteroatoms. The van der Waals surface area contributed by atoms with Crippen LogP contribution in [0.1, 0.15) is 27.2 Å². The fourth-order valence-electron chi connectivity index (χ4n) is 4.36. The van der Waals surface area contributed by atoms with Crippen molar-refractivity contribution in [1.29, 1.82) is 0 Å². The highest BCUT2D eigenvalue weighted by Gasteiger charge is 2.36. The number of hydrogen-bond acceptors (Lipinski definition) is 5. The maximum Gasteiger partial charge on any atom is 0.227 e. The summed E-state index contributed by atoms with van der Waals surface area (Å²) in [7, 11) is 2.15. The van der Waals surface area contributed by atoms with E-state index in [-0.39, 0.29) is 24.2 Å². The lowest BCUT2D eigenvalue weighted by molar-refractivity contribution is -0.126. The molecule has 2 aliphatic rings. The average molecular weight is 417 g/mol. The average Bonchev–Trinajstić information content (AvgIpc) is 3.11. The largest absolute Gasteiger partial charge is 0.492 e. The Labute approximate surface area is 180 Å². The molecule has 0 radical (unpaired) electrons. The van der Waals surface area contributed by atoms with Gasteiger partial charge in [0, 0.05) is 51.7 Å². The maximum absolute atomic E-state index is 12.9. The molecular formula is C23H36N4O3. The van der Waals surface area contributed by atoms with E-state index in [9.17, 15) is 9.59 Å². The van der Waals surface area contributed by atoms with E-state index < -0.39 is 0 Å². The second kappa shape index (κ2) is 10.3. The maximum atomic E-state index is 12.9. The summed E-state index contributed by atoms with van der Waals surface area (Å²) in [4.78, 5) is 32.1. The normalized spacial score (nSPS) is 21.8. The Hall–Kier alpha value is -2.12.